The van der Waals surface area contributed by atoms with Gasteiger partial charge in [-0.1, -0.05) is 64.3 Å². The molecule has 6 nitrogen and oxygen atoms in total. The van der Waals surface area contributed by atoms with E-state index in [2.05, 4.69) is 33.0 Å². The number of halogens is 1. The Morgan fingerprint density at radius 3 is 2.55 bits per heavy atom. The van der Waals surface area contributed by atoms with Crippen molar-refractivity contribution in [1.29, 1.82) is 0 Å². The molecular weight excluding hydrogens is 412 g/mol. The Morgan fingerprint density at radius 2 is 1.97 bits per heavy atom. The fourth-order valence-corrected chi connectivity index (χ4v) is 3.74. The predicted octanol–water partition coefficient (Wildman–Crippen LogP) is 5.19. The average molecular weight is 445 g/mol. The minimum absolute atomic E-state index is 0.0495. The van der Waals surface area contributed by atoms with Crippen LogP contribution in [-0.4, -0.2) is 39.6 Å². The summed E-state index contributed by atoms with van der Waals surface area (Å²) in [5, 5.41) is 8.24. The van der Waals surface area contributed by atoms with Crippen molar-refractivity contribution in [2.45, 2.75) is 65.2 Å². The molecule has 0 atom stereocenters. The number of hydrogen-bond donors (Lipinski definition) is 1. The summed E-state index contributed by atoms with van der Waals surface area (Å²) >= 11 is 6.40. The first-order valence-corrected chi connectivity index (χ1v) is 11.5. The number of rotatable bonds is 8. The fourth-order valence-electron chi connectivity index (χ4n) is 3.53. The molecule has 2 aromatic rings. The van der Waals surface area contributed by atoms with Gasteiger partial charge in [0.25, 0.3) is 0 Å². The molecule has 31 heavy (non-hydrogen) atoms. The lowest BCUT2D eigenvalue weighted by Gasteiger charge is -2.31. The number of benzene rings is 1. The number of anilines is 1. The molecule has 1 aromatic heterocycles. The van der Waals surface area contributed by atoms with Gasteiger partial charge < -0.3 is 10.2 Å². The van der Waals surface area contributed by atoms with Crippen LogP contribution in [0.4, 0.5) is 5.82 Å². The summed E-state index contributed by atoms with van der Waals surface area (Å²) in [6, 6.07) is 9.28. The quantitative estimate of drug-likeness (QED) is 0.609. The Bertz CT molecular complexity index is 928. The second-order valence-electron chi connectivity index (χ2n) is 9.32. The molecule has 1 aromatic carbocycles. The molecule has 0 unspecified atom stereocenters. The molecule has 0 spiro atoms. The van der Waals surface area contributed by atoms with Gasteiger partial charge in [0.2, 0.25) is 11.8 Å². The molecule has 1 saturated carbocycles. The van der Waals surface area contributed by atoms with Crippen molar-refractivity contribution in [3.8, 4) is 5.69 Å². The van der Waals surface area contributed by atoms with Crippen LogP contribution in [0.25, 0.3) is 5.69 Å². The zero-order chi connectivity index (χ0) is 22.6. The van der Waals surface area contributed by atoms with Gasteiger partial charge in [-0.2, -0.15) is 5.10 Å². The fraction of sp³-hybridized carbons (Fsp3) is 0.542. The highest BCUT2D eigenvalue weighted by Crippen LogP contribution is 2.30. The topological polar surface area (TPSA) is 67.2 Å². The largest absolute Gasteiger partial charge is 0.333 e. The summed E-state index contributed by atoms with van der Waals surface area (Å²) in [5.74, 6) is 0.502. The number of carbonyl (C=O) groups is 2. The third-order valence-corrected chi connectivity index (χ3v) is 6.03. The number of nitrogens with one attached hydrogen (secondary N) is 1. The van der Waals surface area contributed by atoms with Gasteiger partial charge in [-0.25, -0.2) is 4.68 Å². The maximum atomic E-state index is 13.0. The molecule has 0 bridgehead atoms. The van der Waals surface area contributed by atoms with Crippen molar-refractivity contribution in [2.24, 2.45) is 5.92 Å². The monoisotopic (exact) mass is 444 g/mol. The van der Waals surface area contributed by atoms with E-state index in [9.17, 15) is 9.59 Å². The molecule has 0 saturated heterocycles. The Labute approximate surface area is 190 Å². The van der Waals surface area contributed by atoms with E-state index in [1.807, 2.05) is 24.3 Å². The number of hydrogen-bond acceptors (Lipinski definition) is 3. The molecule has 1 aliphatic carbocycles. The molecular formula is C24H33ClN4O2. The van der Waals surface area contributed by atoms with Gasteiger partial charge in [-0.05, 0) is 31.4 Å². The van der Waals surface area contributed by atoms with Gasteiger partial charge in [0.05, 0.1) is 22.9 Å². The van der Waals surface area contributed by atoms with Crippen LogP contribution in [0.5, 0.6) is 0 Å². The third kappa shape index (κ3) is 5.67. The maximum absolute atomic E-state index is 13.0. The second kappa shape index (κ2) is 9.86. The molecule has 1 aliphatic rings. The minimum Gasteiger partial charge on any atom is -0.333 e. The van der Waals surface area contributed by atoms with Gasteiger partial charge >= 0.3 is 0 Å². The first kappa shape index (κ1) is 23.3. The van der Waals surface area contributed by atoms with E-state index < -0.39 is 0 Å². The van der Waals surface area contributed by atoms with Gasteiger partial charge in [-0.3, -0.25) is 9.59 Å². The number of para-hydroxylation sites is 1. The Morgan fingerprint density at radius 1 is 1.26 bits per heavy atom. The predicted molar refractivity (Wildman–Crippen MR) is 125 cm³/mol. The van der Waals surface area contributed by atoms with Crippen LogP contribution < -0.4 is 5.32 Å². The SMILES string of the molecule is CCCCN(CC(=O)Nc1cc(C(C)(C)C)nn1-c1ccccc1Cl)C(=O)C1CCC1. The zero-order valence-electron chi connectivity index (χ0n) is 18.9. The summed E-state index contributed by atoms with van der Waals surface area (Å²) in [5.41, 5.74) is 1.35. The second-order valence-corrected chi connectivity index (χ2v) is 9.72. The van der Waals surface area contributed by atoms with Crippen LogP contribution in [0.1, 0.15) is 65.5 Å². The average Bonchev–Trinajstić information content (AvgIpc) is 3.08. The Kier molecular flexibility index (Phi) is 7.42. The number of carbonyl (C=O) groups excluding carboxylic acids is 2. The molecule has 168 valence electrons. The highest BCUT2D eigenvalue weighted by Gasteiger charge is 2.30. The highest BCUT2D eigenvalue weighted by molar-refractivity contribution is 6.32. The maximum Gasteiger partial charge on any atom is 0.245 e. The molecule has 0 aliphatic heterocycles. The number of nitrogens with zero attached hydrogens (tertiary/aromatic N) is 3. The molecule has 0 radical (unpaired) electrons. The van der Waals surface area contributed by atoms with Crippen LogP contribution in [0.2, 0.25) is 5.02 Å². The normalized spacial score (nSPS) is 14.2. The van der Waals surface area contributed by atoms with Crippen molar-refractivity contribution < 1.29 is 9.59 Å². The molecule has 1 heterocycles. The summed E-state index contributed by atoms with van der Waals surface area (Å²) < 4.78 is 1.67. The lowest BCUT2D eigenvalue weighted by Crippen LogP contribution is -2.43. The Balaban J connectivity index is 1.82. The highest BCUT2D eigenvalue weighted by atomic mass is 35.5. The zero-order valence-corrected chi connectivity index (χ0v) is 19.7. The lowest BCUT2D eigenvalue weighted by molar-refractivity contribution is -0.140. The van der Waals surface area contributed by atoms with Gasteiger partial charge in [-0.15, -0.1) is 0 Å². The van der Waals surface area contributed by atoms with Gasteiger partial charge in [0.1, 0.15) is 5.82 Å². The number of amides is 2. The smallest absolute Gasteiger partial charge is 0.245 e. The third-order valence-electron chi connectivity index (χ3n) is 5.71. The van der Waals surface area contributed by atoms with Gasteiger partial charge in [0, 0.05) is 23.9 Å². The first-order chi connectivity index (χ1) is 14.7. The van der Waals surface area contributed by atoms with Crippen LogP contribution >= 0.6 is 11.6 Å². The molecule has 1 fully saturated rings. The molecule has 2 amide bonds. The van der Waals surface area contributed by atoms with E-state index in [0.29, 0.717) is 23.1 Å². The summed E-state index contributed by atoms with van der Waals surface area (Å²) in [4.78, 5) is 27.5. The minimum atomic E-state index is -0.225. The van der Waals surface area contributed by atoms with Crippen molar-refractivity contribution >= 4 is 29.2 Å². The van der Waals surface area contributed by atoms with E-state index in [-0.39, 0.29) is 29.7 Å². The summed E-state index contributed by atoms with van der Waals surface area (Å²) in [6.07, 6.45) is 4.81. The van der Waals surface area contributed by atoms with E-state index in [0.717, 1.165) is 37.8 Å². The van der Waals surface area contributed by atoms with Crippen LogP contribution in [0, 0.1) is 5.92 Å². The van der Waals surface area contributed by atoms with Crippen molar-refractivity contribution in [3.05, 3.63) is 41.0 Å². The van der Waals surface area contributed by atoms with E-state index in [1.165, 1.54) is 0 Å². The van der Waals surface area contributed by atoms with E-state index >= 15 is 0 Å². The van der Waals surface area contributed by atoms with Crippen molar-refractivity contribution in [1.82, 2.24) is 14.7 Å². The molecule has 3 rings (SSSR count). The summed E-state index contributed by atoms with van der Waals surface area (Å²) in [6.45, 7) is 8.96. The lowest BCUT2D eigenvalue weighted by atomic mass is 9.84. The van der Waals surface area contributed by atoms with Crippen molar-refractivity contribution in [3.63, 3.8) is 0 Å². The summed E-state index contributed by atoms with van der Waals surface area (Å²) in [7, 11) is 0. The van der Waals surface area contributed by atoms with E-state index in [4.69, 9.17) is 16.7 Å². The van der Waals surface area contributed by atoms with Crippen LogP contribution in [0.3, 0.4) is 0 Å². The van der Waals surface area contributed by atoms with Crippen molar-refractivity contribution in [2.75, 3.05) is 18.4 Å². The van der Waals surface area contributed by atoms with Crippen LogP contribution in [0.15, 0.2) is 30.3 Å². The first-order valence-electron chi connectivity index (χ1n) is 11.1. The number of aromatic nitrogens is 2. The number of unbranched alkanes of at least 4 members (excludes halogenated alkanes) is 1. The van der Waals surface area contributed by atoms with Gasteiger partial charge in [0.15, 0.2) is 0 Å². The molecule has 1 N–H and O–H groups in total. The molecule has 7 heteroatoms. The van der Waals surface area contributed by atoms with E-state index in [1.54, 1.807) is 15.6 Å². The standard InChI is InChI=1S/C24H33ClN4O2/c1-5-6-14-28(23(31)17-10-9-11-17)16-22(30)26-21-15-20(24(2,3)4)27-29(21)19-13-8-7-12-18(19)25/h7-8,12-13,15,17H,5-6,9-11,14,16H2,1-4H3,(H,26,30). The van der Waals surface area contributed by atoms with Crippen LogP contribution in [-0.2, 0) is 15.0 Å². The Hall–Kier alpha value is -2.34.